The Bertz CT molecular complexity index is 311. The molecule has 0 aromatic heterocycles. The third kappa shape index (κ3) is 6.43. The molecule has 1 rings (SSSR count). The predicted molar refractivity (Wildman–Crippen MR) is 82.6 cm³/mol. The Morgan fingerprint density at radius 3 is 2.44 bits per heavy atom. The van der Waals surface area contributed by atoms with Crippen LogP contribution in [0.2, 0.25) is 0 Å². The second-order valence-electron chi connectivity index (χ2n) is 4.48. The molecule has 0 aliphatic heterocycles. The first-order chi connectivity index (χ1) is 8.76. The van der Waals surface area contributed by atoms with E-state index in [2.05, 4.69) is 55.4 Å². The maximum absolute atomic E-state index is 3.35. The molecule has 0 bridgehead atoms. The highest BCUT2D eigenvalue weighted by molar-refractivity contribution is 7.99. The van der Waals surface area contributed by atoms with Crippen molar-refractivity contribution in [2.45, 2.75) is 25.2 Å². The molecule has 1 aromatic rings. The highest BCUT2D eigenvalue weighted by Crippen LogP contribution is 2.17. The second kappa shape index (κ2) is 9.42. The lowest BCUT2D eigenvalue weighted by atomic mass is 10.1. The summed E-state index contributed by atoms with van der Waals surface area (Å²) in [6.07, 6.45) is 1.14. The van der Waals surface area contributed by atoms with E-state index in [-0.39, 0.29) is 0 Å². The maximum Gasteiger partial charge on any atom is 0.0104 e. The van der Waals surface area contributed by atoms with Gasteiger partial charge in [0.1, 0.15) is 0 Å². The number of benzene rings is 1. The Labute approximate surface area is 116 Å². The van der Waals surface area contributed by atoms with Gasteiger partial charge in [-0.1, -0.05) is 26.0 Å². The molecular formula is C15H26N2S. The molecule has 0 aliphatic rings. The van der Waals surface area contributed by atoms with Crippen molar-refractivity contribution < 1.29 is 0 Å². The summed E-state index contributed by atoms with van der Waals surface area (Å²) in [5.41, 5.74) is 1.44. The van der Waals surface area contributed by atoms with Crippen LogP contribution in [0, 0.1) is 0 Å². The van der Waals surface area contributed by atoms with E-state index >= 15 is 0 Å². The van der Waals surface area contributed by atoms with E-state index in [0.717, 1.165) is 38.4 Å². The quantitative estimate of drug-likeness (QED) is 0.546. The number of hydrogen-bond donors (Lipinski definition) is 1. The number of nitrogens with one attached hydrogen (secondary N) is 1. The van der Waals surface area contributed by atoms with Gasteiger partial charge in [-0.05, 0) is 43.5 Å². The van der Waals surface area contributed by atoms with Crippen molar-refractivity contribution in [2.75, 3.05) is 39.0 Å². The zero-order valence-electron chi connectivity index (χ0n) is 11.9. The second-order valence-corrected chi connectivity index (χ2v) is 5.82. The van der Waals surface area contributed by atoms with Crippen LogP contribution in [0.25, 0.3) is 0 Å². The summed E-state index contributed by atoms with van der Waals surface area (Å²) < 4.78 is 0. The fourth-order valence-electron chi connectivity index (χ4n) is 1.80. The minimum absolute atomic E-state index is 1.06. The topological polar surface area (TPSA) is 15.3 Å². The Morgan fingerprint density at radius 1 is 1.11 bits per heavy atom. The molecule has 0 heterocycles. The summed E-state index contributed by atoms with van der Waals surface area (Å²) in [6.45, 7) is 8.74. The van der Waals surface area contributed by atoms with Gasteiger partial charge in [0.15, 0.2) is 0 Å². The highest BCUT2D eigenvalue weighted by Gasteiger charge is 1.99. The number of hydrogen-bond acceptors (Lipinski definition) is 3. The normalized spacial score (nSPS) is 11.1. The molecule has 0 spiro atoms. The van der Waals surface area contributed by atoms with Crippen LogP contribution in [-0.2, 0) is 6.42 Å². The van der Waals surface area contributed by atoms with Gasteiger partial charge in [0, 0.05) is 24.5 Å². The molecule has 0 saturated heterocycles. The molecule has 0 atom stereocenters. The molecule has 0 aliphatic carbocycles. The van der Waals surface area contributed by atoms with E-state index in [4.69, 9.17) is 0 Å². The summed E-state index contributed by atoms with van der Waals surface area (Å²) in [5, 5.41) is 3.35. The van der Waals surface area contributed by atoms with E-state index in [1.165, 1.54) is 10.5 Å². The lowest BCUT2D eigenvalue weighted by Gasteiger charge is -2.16. The van der Waals surface area contributed by atoms with Crippen molar-refractivity contribution in [3.8, 4) is 0 Å². The van der Waals surface area contributed by atoms with Crippen LogP contribution >= 0.6 is 11.8 Å². The first kappa shape index (κ1) is 15.5. The fourth-order valence-corrected chi connectivity index (χ4v) is 2.46. The van der Waals surface area contributed by atoms with Crippen LogP contribution in [0.1, 0.15) is 19.4 Å². The summed E-state index contributed by atoms with van der Waals surface area (Å²) in [4.78, 5) is 3.76. The summed E-state index contributed by atoms with van der Waals surface area (Å²) in [5.74, 6) is 1.15. The lowest BCUT2D eigenvalue weighted by molar-refractivity contribution is 0.337. The Kier molecular flexibility index (Phi) is 8.14. The van der Waals surface area contributed by atoms with E-state index < -0.39 is 0 Å². The average molecular weight is 266 g/mol. The van der Waals surface area contributed by atoms with Gasteiger partial charge < -0.3 is 10.2 Å². The largest absolute Gasteiger partial charge is 0.316 e. The molecule has 0 unspecified atom stereocenters. The molecule has 0 saturated carbocycles. The van der Waals surface area contributed by atoms with Gasteiger partial charge in [0.25, 0.3) is 0 Å². The van der Waals surface area contributed by atoms with Gasteiger partial charge in [-0.15, -0.1) is 11.8 Å². The molecule has 0 fully saturated rings. The van der Waals surface area contributed by atoms with Crippen molar-refractivity contribution in [3.63, 3.8) is 0 Å². The Hall–Kier alpha value is -0.510. The van der Waals surface area contributed by atoms with Crippen LogP contribution in [0.5, 0.6) is 0 Å². The van der Waals surface area contributed by atoms with Gasteiger partial charge in [0.05, 0.1) is 0 Å². The van der Waals surface area contributed by atoms with Gasteiger partial charge in [-0.2, -0.15) is 0 Å². The van der Waals surface area contributed by atoms with E-state index in [0.29, 0.717) is 0 Å². The standard InChI is InChI=1S/C15H26N2S/c1-4-16-11-13-17(3)12-10-14-6-8-15(9-7-14)18-5-2/h6-9,16H,4-5,10-13H2,1-3H3. The van der Waals surface area contributed by atoms with Gasteiger partial charge in [0.2, 0.25) is 0 Å². The molecular weight excluding hydrogens is 240 g/mol. The van der Waals surface area contributed by atoms with Crippen LogP contribution in [0.3, 0.4) is 0 Å². The number of rotatable bonds is 9. The van der Waals surface area contributed by atoms with Crippen molar-refractivity contribution >= 4 is 11.8 Å². The van der Waals surface area contributed by atoms with Crippen LogP contribution in [-0.4, -0.2) is 43.9 Å². The van der Waals surface area contributed by atoms with Gasteiger partial charge >= 0.3 is 0 Å². The molecule has 3 heteroatoms. The monoisotopic (exact) mass is 266 g/mol. The molecule has 1 aromatic carbocycles. The molecule has 2 nitrogen and oxygen atoms in total. The molecule has 1 N–H and O–H groups in total. The zero-order chi connectivity index (χ0) is 13.2. The van der Waals surface area contributed by atoms with Crippen LogP contribution in [0.4, 0.5) is 0 Å². The third-order valence-corrected chi connectivity index (χ3v) is 3.83. The predicted octanol–water partition coefficient (Wildman–Crippen LogP) is 2.88. The smallest absolute Gasteiger partial charge is 0.0104 e. The molecule has 0 amide bonds. The van der Waals surface area contributed by atoms with Gasteiger partial charge in [-0.3, -0.25) is 0 Å². The van der Waals surface area contributed by atoms with Crippen molar-refractivity contribution in [1.82, 2.24) is 10.2 Å². The Balaban J connectivity index is 2.25. The summed E-state index contributed by atoms with van der Waals surface area (Å²) in [7, 11) is 2.19. The summed E-state index contributed by atoms with van der Waals surface area (Å²) in [6, 6.07) is 9.00. The lowest BCUT2D eigenvalue weighted by Crippen LogP contribution is -2.30. The zero-order valence-corrected chi connectivity index (χ0v) is 12.7. The van der Waals surface area contributed by atoms with E-state index in [9.17, 15) is 0 Å². The first-order valence-electron chi connectivity index (χ1n) is 6.87. The van der Waals surface area contributed by atoms with Crippen molar-refractivity contribution in [1.29, 1.82) is 0 Å². The fraction of sp³-hybridized carbons (Fsp3) is 0.600. The van der Waals surface area contributed by atoms with E-state index in [1.54, 1.807) is 0 Å². The number of thioether (sulfide) groups is 1. The highest BCUT2D eigenvalue weighted by atomic mass is 32.2. The van der Waals surface area contributed by atoms with Crippen molar-refractivity contribution in [3.05, 3.63) is 29.8 Å². The third-order valence-electron chi connectivity index (χ3n) is 2.94. The first-order valence-corrected chi connectivity index (χ1v) is 7.85. The minimum Gasteiger partial charge on any atom is -0.316 e. The summed E-state index contributed by atoms with van der Waals surface area (Å²) >= 11 is 1.90. The average Bonchev–Trinajstić information content (AvgIpc) is 2.39. The number of likely N-dealkylation sites (N-methyl/N-ethyl adjacent to an activating group) is 2. The SMILES string of the molecule is CCNCCN(C)CCc1ccc(SCC)cc1. The van der Waals surface area contributed by atoms with Crippen LogP contribution in [0.15, 0.2) is 29.2 Å². The molecule has 102 valence electrons. The van der Waals surface area contributed by atoms with Crippen LogP contribution < -0.4 is 5.32 Å². The Morgan fingerprint density at radius 2 is 1.83 bits per heavy atom. The number of nitrogens with zero attached hydrogens (tertiary/aromatic N) is 1. The van der Waals surface area contributed by atoms with E-state index in [1.807, 2.05) is 11.8 Å². The maximum atomic E-state index is 3.35. The van der Waals surface area contributed by atoms with Crippen molar-refractivity contribution in [2.24, 2.45) is 0 Å². The molecule has 0 radical (unpaired) electrons. The molecule has 18 heavy (non-hydrogen) atoms. The minimum atomic E-state index is 1.06. The van der Waals surface area contributed by atoms with Gasteiger partial charge in [-0.25, -0.2) is 0 Å².